The molecule has 1 saturated heterocycles. The monoisotopic (exact) mass is 522 g/mol. The second kappa shape index (κ2) is 12.9. The van der Waals surface area contributed by atoms with Crippen LogP contribution in [0.3, 0.4) is 0 Å². The molecule has 6 atom stereocenters. The molecule has 2 aliphatic rings. The summed E-state index contributed by atoms with van der Waals surface area (Å²) in [5, 5.41) is 11.0. The van der Waals surface area contributed by atoms with Gasteiger partial charge >= 0.3 is 5.97 Å². The summed E-state index contributed by atoms with van der Waals surface area (Å²) in [5.41, 5.74) is 0.685. The van der Waals surface area contributed by atoms with E-state index in [1.165, 1.54) is 21.3 Å². The first kappa shape index (κ1) is 29.1. The number of hydrogen-bond donors (Lipinski definition) is 1. The summed E-state index contributed by atoms with van der Waals surface area (Å²) in [6.07, 6.45) is 3.24. The van der Waals surface area contributed by atoms with Crippen LogP contribution in [0.5, 0.6) is 11.5 Å². The second-order valence-electron chi connectivity index (χ2n) is 9.45. The summed E-state index contributed by atoms with van der Waals surface area (Å²) < 4.78 is 45.3. The van der Waals surface area contributed by atoms with Crippen molar-refractivity contribution in [3.63, 3.8) is 0 Å². The first-order valence-corrected chi connectivity index (χ1v) is 12.2. The van der Waals surface area contributed by atoms with Crippen LogP contribution in [-0.2, 0) is 28.4 Å². The molecule has 37 heavy (non-hydrogen) atoms. The van der Waals surface area contributed by atoms with Gasteiger partial charge in [-0.1, -0.05) is 31.2 Å². The molecule has 2 aliphatic heterocycles. The minimum Gasteiger partial charge on any atom is -0.497 e. The fourth-order valence-corrected chi connectivity index (χ4v) is 4.15. The topological polar surface area (TPSA) is 111 Å². The second-order valence-corrected chi connectivity index (χ2v) is 9.45. The van der Waals surface area contributed by atoms with Gasteiger partial charge in [-0.2, -0.15) is 0 Å². The smallest absolute Gasteiger partial charge is 0.342 e. The zero-order valence-electron chi connectivity index (χ0n) is 22.5. The highest BCUT2D eigenvalue weighted by atomic mass is 16.8. The van der Waals surface area contributed by atoms with Crippen molar-refractivity contribution in [2.75, 3.05) is 34.9 Å². The van der Waals surface area contributed by atoms with Gasteiger partial charge in [0, 0.05) is 26.2 Å². The van der Waals surface area contributed by atoms with Crippen LogP contribution in [0, 0.1) is 5.92 Å². The first-order valence-electron chi connectivity index (χ1n) is 12.2. The third kappa shape index (κ3) is 7.31. The van der Waals surface area contributed by atoms with E-state index in [0.717, 1.165) is 0 Å². The Morgan fingerprint density at radius 3 is 2.35 bits per heavy atom. The lowest BCUT2D eigenvalue weighted by molar-refractivity contribution is -0.165. The molecule has 1 fully saturated rings. The molecule has 2 unspecified atom stereocenters. The van der Waals surface area contributed by atoms with E-state index in [9.17, 15) is 9.90 Å². The van der Waals surface area contributed by atoms with Gasteiger partial charge in [-0.25, -0.2) is 4.79 Å². The number of methoxy groups -OCH3 is 3. The molecule has 10 nitrogen and oxygen atoms in total. The number of aliphatic hydroxyl groups is 1. The van der Waals surface area contributed by atoms with Gasteiger partial charge in [0.25, 0.3) is 0 Å². The average molecular weight is 523 g/mol. The average Bonchev–Trinajstić information content (AvgIpc) is 3.19. The van der Waals surface area contributed by atoms with E-state index >= 15 is 0 Å². The van der Waals surface area contributed by atoms with Gasteiger partial charge in [0.1, 0.15) is 54.4 Å². The number of cyclic esters (lactones) is 1. The Balaban J connectivity index is 2.17. The number of carbonyl (C=O) groups excluding carboxylic acids is 1. The van der Waals surface area contributed by atoms with Crippen molar-refractivity contribution in [3.05, 3.63) is 41.5 Å². The lowest BCUT2D eigenvalue weighted by atomic mass is 9.97. The van der Waals surface area contributed by atoms with Crippen molar-refractivity contribution in [3.8, 4) is 11.5 Å². The van der Waals surface area contributed by atoms with Gasteiger partial charge in [-0.15, -0.1) is 0 Å². The largest absolute Gasteiger partial charge is 0.497 e. The maximum Gasteiger partial charge on any atom is 0.342 e. The molecule has 0 radical (unpaired) electrons. The fraction of sp³-hybridized carbons (Fsp3) is 0.593. The summed E-state index contributed by atoms with van der Waals surface area (Å²) in [6.45, 7) is 7.12. The quantitative estimate of drug-likeness (QED) is 0.325. The minimum absolute atomic E-state index is 0.0301. The molecule has 1 N–H and O–H groups in total. The number of rotatable bonds is 7. The lowest BCUT2D eigenvalue weighted by Gasteiger charge is -2.27. The molecular weight excluding hydrogens is 484 g/mol. The van der Waals surface area contributed by atoms with Crippen LogP contribution in [0.25, 0.3) is 6.08 Å². The number of fused-ring (bicyclic) bond motifs is 2. The molecule has 0 saturated carbocycles. The predicted molar refractivity (Wildman–Crippen MR) is 134 cm³/mol. The molecule has 0 aromatic heterocycles. The van der Waals surface area contributed by atoms with Crippen molar-refractivity contribution < 1.29 is 47.8 Å². The number of esters is 1. The summed E-state index contributed by atoms with van der Waals surface area (Å²) in [7, 11) is 4.52. The van der Waals surface area contributed by atoms with Crippen LogP contribution in [0.15, 0.2) is 30.4 Å². The maximum atomic E-state index is 13.4. The molecule has 0 aliphatic carbocycles. The number of ether oxygens (including phenoxy) is 8. The Bertz CT molecular complexity index is 972. The molecule has 10 heteroatoms. The van der Waals surface area contributed by atoms with Crippen molar-refractivity contribution in [1.82, 2.24) is 0 Å². The van der Waals surface area contributed by atoms with E-state index in [1.54, 1.807) is 57.2 Å². The highest BCUT2D eigenvalue weighted by Gasteiger charge is 2.47. The fourth-order valence-electron chi connectivity index (χ4n) is 4.15. The van der Waals surface area contributed by atoms with Gasteiger partial charge in [0.2, 0.25) is 0 Å². The van der Waals surface area contributed by atoms with Gasteiger partial charge in [-0.3, -0.25) is 0 Å². The van der Waals surface area contributed by atoms with E-state index in [0.29, 0.717) is 11.3 Å². The molecule has 1 aromatic rings. The Kier molecular flexibility index (Phi) is 10.1. The molecule has 3 rings (SSSR count). The molecule has 1 aromatic carbocycles. The first-order chi connectivity index (χ1) is 17.6. The van der Waals surface area contributed by atoms with Gasteiger partial charge < -0.3 is 43.0 Å². The lowest BCUT2D eigenvalue weighted by Crippen LogP contribution is -2.42. The molecule has 2 heterocycles. The van der Waals surface area contributed by atoms with Crippen LogP contribution < -0.4 is 9.47 Å². The van der Waals surface area contributed by atoms with E-state index in [1.807, 2.05) is 6.92 Å². The summed E-state index contributed by atoms with van der Waals surface area (Å²) >= 11 is 0. The molecule has 0 amide bonds. The maximum absolute atomic E-state index is 13.4. The molecule has 206 valence electrons. The summed E-state index contributed by atoms with van der Waals surface area (Å²) in [4.78, 5) is 13.4. The van der Waals surface area contributed by atoms with E-state index in [2.05, 4.69) is 0 Å². The Morgan fingerprint density at radius 1 is 0.973 bits per heavy atom. The zero-order valence-corrected chi connectivity index (χ0v) is 22.5. The Labute approximate surface area is 218 Å². The predicted octanol–water partition coefficient (Wildman–Crippen LogP) is 3.31. The van der Waals surface area contributed by atoms with Crippen LogP contribution in [0.4, 0.5) is 0 Å². The Morgan fingerprint density at radius 2 is 1.68 bits per heavy atom. The van der Waals surface area contributed by atoms with Crippen molar-refractivity contribution in [1.29, 1.82) is 0 Å². The van der Waals surface area contributed by atoms with Crippen molar-refractivity contribution in [2.24, 2.45) is 5.92 Å². The molecule has 0 bridgehead atoms. The van der Waals surface area contributed by atoms with Crippen LogP contribution in [0.1, 0.15) is 43.6 Å². The van der Waals surface area contributed by atoms with Crippen molar-refractivity contribution >= 4 is 12.0 Å². The highest BCUT2D eigenvalue weighted by molar-refractivity contribution is 5.97. The van der Waals surface area contributed by atoms with Crippen LogP contribution in [-0.4, -0.2) is 82.3 Å². The number of hydrogen-bond acceptors (Lipinski definition) is 10. The van der Waals surface area contributed by atoms with Gasteiger partial charge in [0.05, 0.1) is 7.11 Å². The molecule has 0 spiro atoms. The number of benzene rings is 1. The van der Waals surface area contributed by atoms with Crippen LogP contribution in [0.2, 0.25) is 0 Å². The third-order valence-corrected chi connectivity index (χ3v) is 6.19. The minimum atomic E-state index is -0.997. The van der Waals surface area contributed by atoms with Gasteiger partial charge in [0.15, 0.2) is 12.6 Å². The number of carbonyl (C=O) groups is 1. The van der Waals surface area contributed by atoms with Gasteiger partial charge in [-0.05, 0) is 32.4 Å². The Hall–Kier alpha value is -2.47. The van der Waals surface area contributed by atoms with E-state index < -0.39 is 42.3 Å². The third-order valence-electron chi connectivity index (χ3n) is 6.19. The van der Waals surface area contributed by atoms with Crippen molar-refractivity contribution in [2.45, 2.75) is 64.0 Å². The normalized spacial score (nSPS) is 31.4. The van der Waals surface area contributed by atoms with E-state index in [4.69, 9.17) is 37.9 Å². The SMILES string of the molecule is COCOc1cc(OC)cc2c1C(=O)O[C@@H](C)[C@H](C)/C=C\C(O)[C@H]1OC(C)(C)O[C@H]1C(OCOC)/C=C/2. The zero-order chi connectivity index (χ0) is 27.2. The summed E-state index contributed by atoms with van der Waals surface area (Å²) in [5.74, 6) is -1.03. The highest BCUT2D eigenvalue weighted by Crippen LogP contribution is 2.36. The number of aliphatic hydroxyl groups excluding tert-OH is 1. The van der Waals surface area contributed by atoms with Crippen LogP contribution >= 0.6 is 0 Å². The molecular formula is C27H38O10. The van der Waals surface area contributed by atoms with E-state index in [-0.39, 0.29) is 30.8 Å². The summed E-state index contributed by atoms with van der Waals surface area (Å²) in [6, 6.07) is 3.30. The standard InChI is InChI=1S/C27H38O10/c1-16-8-10-20(28)24-25(37-27(3,4)36-24)21(33-14-30-5)11-9-18-12-19(32-7)13-22(34-15-31-6)23(18)26(29)35-17(16)2/h8-13,16-17,20-21,24-25,28H,14-15H2,1-7H3/b10-8-,11-9+/t16-,17+,20?,21?,24-,25+/m1/s1.